The molecule has 3 saturated heterocycles. The Hall–Kier alpha value is -0.610. The van der Waals surface area contributed by atoms with E-state index in [4.69, 9.17) is 5.73 Å². The summed E-state index contributed by atoms with van der Waals surface area (Å²) in [6.45, 7) is 7.62. The molecular formula is C13H25N3O. The van der Waals surface area contributed by atoms with E-state index in [1.807, 2.05) is 0 Å². The van der Waals surface area contributed by atoms with Gasteiger partial charge in [-0.1, -0.05) is 13.8 Å². The Morgan fingerprint density at radius 1 is 1.41 bits per heavy atom. The van der Waals surface area contributed by atoms with Crippen LogP contribution in [0.5, 0.6) is 0 Å². The van der Waals surface area contributed by atoms with E-state index in [9.17, 15) is 4.79 Å². The van der Waals surface area contributed by atoms with Gasteiger partial charge in [-0.15, -0.1) is 0 Å². The van der Waals surface area contributed by atoms with Crippen LogP contribution in [0.3, 0.4) is 0 Å². The van der Waals surface area contributed by atoms with E-state index in [0.717, 1.165) is 13.0 Å². The average molecular weight is 239 g/mol. The standard InChI is InChI=1S/C13H25N3O/c1-9(2)7-11(14)13(17)15-12-8-16-5-3-10(12)4-6-16/h9-12H,3-8,14H2,1-2H3,(H,15,17)/t11-,12?/m0/s1. The predicted octanol–water partition coefficient (Wildman–Crippen LogP) is 0.570. The van der Waals surface area contributed by atoms with Gasteiger partial charge in [0.05, 0.1) is 6.04 Å². The average Bonchev–Trinajstić information content (AvgIpc) is 2.29. The van der Waals surface area contributed by atoms with Crippen molar-refractivity contribution < 1.29 is 4.79 Å². The van der Waals surface area contributed by atoms with Crippen molar-refractivity contribution >= 4 is 5.91 Å². The molecule has 0 aliphatic carbocycles. The zero-order valence-corrected chi connectivity index (χ0v) is 11.0. The Bertz CT molecular complexity index is 272. The highest BCUT2D eigenvalue weighted by Crippen LogP contribution is 2.27. The molecule has 0 radical (unpaired) electrons. The molecule has 98 valence electrons. The van der Waals surface area contributed by atoms with Crippen LogP contribution < -0.4 is 11.1 Å². The molecule has 3 rings (SSSR count). The molecule has 1 unspecified atom stereocenters. The van der Waals surface area contributed by atoms with Gasteiger partial charge in [-0.2, -0.15) is 0 Å². The summed E-state index contributed by atoms with van der Waals surface area (Å²) < 4.78 is 0. The molecule has 0 spiro atoms. The zero-order valence-electron chi connectivity index (χ0n) is 11.0. The van der Waals surface area contributed by atoms with Crippen LogP contribution in [-0.4, -0.2) is 42.5 Å². The third-order valence-electron chi connectivity index (χ3n) is 4.05. The summed E-state index contributed by atoms with van der Waals surface area (Å²) in [4.78, 5) is 14.4. The molecule has 0 aromatic heterocycles. The summed E-state index contributed by atoms with van der Waals surface area (Å²) in [5.41, 5.74) is 5.91. The number of nitrogens with one attached hydrogen (secondary N) is 1. The van der Waals surface area contributed by atoms with Gasteiger partial charge in [0.1, 0.15) is 0 Å². The molecule has 3 aliphatic rings. The lowest BCUT2D eigenvalue weighted by Gasteiger charge is -2.45. The molecule has 0 aromatic rings. The molecule has 17 heavy (non-hydrogen) atoms. The van der Waals surface area contributed by atoms with Gasteiger partial charge in [0, 0.05) is 12.6 Å². The smallest absolute Gasteiger partial charge is 0.237 e. The van der Waals surface area contributed by atoms with Crippen molar-refractivity contribution in [2.75, 3.05) is 19.6 Å². The summed E-state index contributed by atoms with van der Waals surface area (Å²) in [6, 6.07) is -0.00587. The van der Waals surface area contributed by atoms with Crippen LogP contribution >= 0.6 is 0 Å². The van der Waals surface area contributed by atoms with Gasteiger partial charge < -0.3 is 16.0 Å². The number of hydrogen-bond donors (Lipinski definition) is 2. The first-order chi connectivity index (χ1) is 8.06. The summed E-state index contributed by atoms with van der Waals surface area (Å²) >= 11 is 0. The molecule has 3 fully saturated rings. The maximum atomic E-state index is 12.0. The molecule has 0 saturated carbocycles. The van der Waals surface area contributed by atoms with Gasteiger partial charge in [-0.05, 0) is 44.2 Å². The highest BCUT2D eigenvalue weighted by atomic mass is 16.2. The molecule has 1 amide bonds. The Morgan fingerprint density at radius 3 is 2.53 bits per heavy atom. The summed E-state index contributed by atoms with van der Waals surface area (Å²) in [6.07, 6.45) is 3.22. The Labute approximate surface area is 104 Å². The van der Waals surface area contributed by atoms with Gasteiger partial charge in [-0.25, -0.2) is 0 Å². The highest BCUT2D eigenvalue weighted by molar-refractivity contribution is 5.81. The molecule has 3 heterocycles. The topological polar surface area (TPSA) is 58.4 Å². The number of hydrogen-bond acceptors (Lipinski definition) is 3. The van der Waals surface area contributed by atoms with Crippen molar-refractivity contribution in [3.63, 3.8) is 0 Å². The van der Waals surface area contributed by atoms with Crippen LogP contribution in [0.15, 0.2) is 0 Å². The summed E-state index contributed by atoms with van der Waals surface area (Å²) in [5, 5.41) is 3.15. The van der Waals surface area contributed by atoms with Crippen molar-refractivity contribution in [2.24, 2.45) is 17.6 Å². The molecule has 3 aliphatic heterocycles. The quantitative estimate of drug-likeness (QED) is 0.754. The van der Waals surface area contributed by atoms with Gasteiger partial charge in [-0.3, -0.25) is 4.79 Å². The van der Waals surface area contributed by atoms with E-state index >= 15 is 0 Å². The number of piperidine rings is 3. The number of rotatable bonds is 4. The number of nitrogens with zero attached hydrogens (tertiary/aromatic N) is 1. The van der Waals surface area contributed by atoms with Gasteiger partial charge in [0.2, 0.25) is 5.91 Å². The fourth-order valence-electron chi connectivity index (χ4n) is 3.03. The number of nitrogens with two attached hydrogens (primary N) is 1. The van der Waals surface area contributed by atoms with Crippen molar-refractivity contribution in [3.8, 4) is 0 Å². The Kier molecular flexibility index (Phi) is 4.05. The van der Waals surface area contributed by atoms with Crippen molar-refractivity contribution in [2.45, 2.75) is 45.2 Å². The van der Waals surface area contributed by atoms with E-state index in [0.29, 0.717) is 17.9 Å². The maximum Gasteiger partial charge on any atom is 0.237 e. The molecule has 0 aromatic carbocycles. The zero-order chi connectivity index (χ0) is 12.4. The lowest BCUT2D eigenvalue weighted by Crippen LogP contribution is -2.59. The minimum atomic E-state index is -0.342. The Balaban J connectivity index is 1.82. The second kappa shape index (κ2) is 5.36. The monoisotopic (exact) mass is 239 g/mol. The van der Waals surface area contributed by atoms with E-state index in [1.54, 1.807) is 0 Å². The van der Waals surface area contributed by atoms with Crippen LogP contribution in [-0.2, 0) is 4.79 Å². The normalized spacial score (nSPS) is 33.8. The summed E-state index contributed by atoms with van der Waals surface area (Å²) in [5.74, 6) is 1.19. The van der Waals surface area contributed by atoms with Crippen molar-refractivity contribution in [1.82, 2.24) is 10.2 Å². The lowest BCUT2D eigenvalue weighted by atomic mass is 9.84. The van der Waals surface area contributed by atoms with Gasteiger partial charge in [0.25, 0.3) is 0 Å². The van der Waals surface area contributed by atoms with E-state index in [-0.39, 0.29) is 11.9 Å². The largest absolute Gasteiger partial charge is 0.350 e. The van der Waals surface area contributed by atoms with Crippen molar-refractivity contribution in [3.05, 3.63) is 0 Å². The fraction of sp³-hybridized carbons (Fsp3) is 0.923. The third-order valence-corrected chi connectivity index (χ3v) is 4.05. The SMILES string of the molecule is CC(C)C[C@H](N)C(=O)NC1CN2CCC1CC2. The lowest BCUT2D eigenvalue weighted by molar-refractivity contribution is -0.124. The fourth-order valence-corrected chi connectivity index (χ4v) is 3.03. The molecule has 3 N–H and O–H groups in total. The minimum Gasteiger partial charge on any atom is -0.350 e. The number of fused-ring (bicyclic) bond motifs is 3. The van der Waals surface area contributed by atoms with Crippen LogP contribution in [0, 0.1) is 11.8 Å². The summed E-state index contributed by atoms with van der Waals surface area (Å²) in [7, 11) is 0. The first kappa shape index (κ1) is 12.8. The minimum absolute atomic E-state index is 0.0393. The van der Waals surface area contributed by atoms with Gasteiger partial charge >= 0.3 is 0 Å². The third kappa shape index (κ3) is 3.19. The van der Waals surface area contributed by atoms with Crippen molar-refractivity contribution in [1.29, 1.82) is 0 Å². The van der Waals surface area contributed by atoms with Crippen LogP contribution in [0.4, 0.5) is 0 Å². The van der Waals surface area contributed by atoms with E-state index in [2.05, 4.69) is 24.1 Å². The van der Waals surface area contributed by atoms with Crippen LogP contribution in [0.25, 0.3) is 0 Å². The highest BCUT2D eigenvalue weighted by Gasteiger charge is 2.35. The molecule has 2 bridgehead atoms. The molecule has 2 atom stereocenters. The Morgan fingerprint density at radius 2 is 2.06 bits per heavy atom. The van der Waals surface area contributed by atoms with E-state index < -0.39 is 0 Å². The van der Waals surface area contributed by atoms with Crippen LogP contribution in [0.2, 0.25) is 0 Å². The first-order valence-corrected chi connectivity index (χ1v) is 6.84. The number of amides is 1. The second-order valence-electron chi connectivity index (χ2n) is 5.99. The van der Waals surface area contributed by atoms with E-state index in [1.165, 1.54) is 25.9 Å². The maximum absolute atomic E-state index is 12.0. The molecule has 4 heteroatoms. The molecule has 4 nitrogen and oxygen atoms in total. The van der Waals surface area contributed by atoms with Gasteiger partial charge in [0.15, 0.2) is 0 Å². The predicted molar refractivity (Wildman–Crippen MR) is 68.5 cm³/mol. The number of carbonyl (C=O) groups is 1. The molecular weight excluding hydrogens is 214 g/mol. The van der Waals surface area contributed by atoms with Crippen LogP contribution in [0.1, 0.15) is 33.1 Å². The first-order valence-electron chi connectivity index (χ1n) is 6.84. The second-order valence-corrected chi connectivity index (χ2v) is 5.99. The number of carbonyl (C=O) groups excluding carboxylic acids is 1.